The van der Waals surface area contributed by atoms with Crippen molar-refractivity contribution in [2.75, 3.05) is 85.1 Å². The van der Waals surface area contributed by atoms with Crippen molar-refractivity contribution in [3.63, 3.8) is 0 Å². The number of alkyl carbamates (subject to hydrolysis) is 2. The average molecular weight is 1490 g/mol. The van der Waals surface area contributed by atoms with Gasteiger partial charge in [-0.05, 0) is 195 Å². The highest BCUT2D eigenvalue weighted by Crippen LogP contribution is 2.23. The van der Waals surface area contributed by atoms with Crippen molar-refractivity contribution in [1.82, 2.24) is 40.9 Å². The Kier molecular flexibility index (Phi) is 49.5. The number of carbonyl (C=O) groups excluding carboxylic acids is 8. The standard InChI is InChI=1S/C77H148N8O19/c1-72(2,3)99-66(93)80-48-42-54-82(68(95)101-74(7,8)9)50-38-40-52-84(70(97)103-76(13,14)15)56-59(57-85(71(98)104-77(16,17)18)53-41-39-51-83(69(96)102-75(10,11)12)55-43-49-81-67(94)100-73(4,5)6)44-34-31-33-36-46-78-61(88)45-35-30-28-26-24-22-20-19-21-23-25-27-29-32-37-47-79-65(92)64(91)63(90)62(89)60(87)58-86/h59-60,62-64,86-87,89-91H,19-58H2,1-18H3,(H,78,88)(H,79,92)(H,80,93)(H,81,94)/t60-,62+,63-,64+/m1/s1. The fraction of sp³-hybridized carbons (Fsp3) is 0.896. The molecule has 0 aliphatic heterocycles. The maximum atomic E-state index is 14.3. The van der Waals surface area contributed by atoms with E-state index in [1.807, 2.05) is 41.5 Å². The summed E-state index contributed by atoms with van der Waals surface area (Å²) in [7, 11) is 0. The predicted molar refractivity (Wildman–Crippen MR) is 405 cm³/mol. The highest BCUT2D eigenvalue weighted by Gasteiger charge is 2.35. The van der Waals surface area contributed by atoms with E-state index < -0.39 is 107 Å². The van der Waals surface area contributed by atoms with E-state index in [1.165, 1.54) is 38.5 Å². The number of aliphatic hydroxyl groups excluding tert-OH is 5. The van der Waals surface area contributed by atoms with Crippen LogP contribution in [0.2, 0.25) is 0 Å². The van der Waals surface area contributed by atoms with Crippen molar-refractivity contribution in [1.29, 1.82) is 0 Å². The molecular formula is C77H148N8O19. The van der Waals surface area contributed by atoms with Crippen LogP contribution in [0, 0.1) is 5.92 Å². The Hall–Kier alpha value is -5.64. The molecule has 0 aromatic rings. The van der Waals surface area contributed by atoms with Crippen LogP contribution in [0.5, 0.6) is 0 Å². The zero-order valence-electron chi connectivity index (χ0n) is 67.9. The smallest absolute Gasteiger partial charge is 0.410 e. The highest BCUT2D eigenvalue weighted by molar-refractivity contribution is 5.81. The maximum absolute atomic E-state index is 14.3. The highest BCUT2D eigenvalue weighted by atomic mass is 16.6. The monoisotopic (exact) mass is 1490 g/mol. The summed E-state index contributed by atoms with van der Waals surface area (Å²) in [6.07, 6.45) is 13.1. The summed E-state index contributed by atoms with van der Waals surface area (Å²) in [6.45, 7) is 35.4. The summed E-state index contributed by atoms with van der Waals surface area (Å²) in [5.74, 6) is -1.02. The van der Waals surface area contributed by atoms with Crippen molar-refractivity contribution < 1.29 is 92.3 Å². The van der Waals surface area contributed by atoms with Gasteiger partial charge in [-0.2, -0.15) is 0 Å². The van der Waals surface area contributed by atoms with E-state index in [1.54, 1.807) is 103 Å². The number of carbonyl (C=O) groups is 8. The molecule has 0 saturated carbocycles. The molecule has 0 fully saturated rings. The minimum absolute atomic E-state index is 0.0581. The fourth-order valence-electron chi connectivity index (χ4n) is 11.0. The second-order valence-electron chi connectivity index (χ2n) is 33.7. The number of nitrogens with zero attached hydrogens (tertiary/aromatic N) is 4. The zero-order chi connectivity index (χ0) is 79.2. The van der Waals surface area contributed by atoms with Crippen LogP contribution in [0.25, 0.3) is 0 Å². The van der Waals surface area contributed by atoms with Gasteiger partial charge in [0.1, 0.15) is 51.9 Å². The lowest BCUT2D eigenvalue weighted by Gasteiger charge is -2.34. The van der Waals surface area contributed by atoms with Crippen LogP contribution in [-0.4, -0.2) is 237 Å². The zero-order valence-corrected chi connectivity index (χ0v) is 67.9. The summed E-state index contributed by atoms with van der Waals surface area (Å²) in [5, 5.41) is 59.0. The second kappa shape index (κ2) is 52.4. The van der Waals surface area contributed by atoms with E-state index in [-0.39, 0.29) is 51.1 Å². The van der Waals surface area contributed by atoms with E-state index in [4.69, 9.17) is 33.5 Å². The first-order valence-corrected chi connectivity index (χ1v) is 39.0. The summed E-state index contributed by atoms with van der Waals surface area (Å²) in [5.41, 5.74) is -4.46. The van der Waals surface area contributed by atoms with Gasteiger partial charge in [0.2, 0.25) is 5.91 Å². The van der Waals surface area contributed by atoms with Crippen LogP contribution in [0.4, 0.5) is 28.8 Å². The van der Waals surface area contributed by atoms with Gasteiger partial charge in [0.05, 0.1) is 6.61 Å². The van der Waals surface area contributed by atoms with Gasteiger partial charge in [0.15, 0.2) is 6.10 Å². The topological polar surface area (TPSA) is 354 Å². The molecular weight excluding hydrogens is 1340 g/mol. The van der Waals surface area contributed by atoms with Gasteiger partial charge in [-0.3, -0.25) is 9.59 Å². The van der Waals surface area contributed by atoms with Gasteiger partial charge in [0, 0.05) is 85.0 Å². The third-order valence-corrected chi connectivity index (χ3v) is 16.1. The molecule has 0 unspecified atom stereocenters. The van der Waals surface area contributed by atoms with E-state index in [2.05, 4.69) is 21.3 Å². The molecule has 0 heterocycles. The molecule has 4 atom stereocenters. The van der Waals surface area contributed by atoms with Gasteiger partial charge >= 0.3 is 36.6 Å². The summed E-state index contributed by atoms with van der Waals surface area (Å²) < 4.78 is 34.4. The molecule has 0 aromatic carbocycles. The molecule has 8 amide bonds. The first-order chi connectivity index (χ1) is 48.3. The normalized spacial score (nSPS) is 13.4. The number of hydrogen-bond donors (Lipinski definition) is 9. The lowest BCUT2D eigenvalue weighted by molar-refractivity contribution is -0.148. The minimum atomic E-state index is -1.91. The predicted octanol–water partition coefficient (Wildman–Crippen LogP) is 12.8. The van der Waals surface area contributed by atoms with Gasteiger partial charge in [-0.15, -0.1) is 0 Å². The van der Waals surface area contributed by atoms with Crippen molar-refractivity contribution in [3.05, 3.63) is 0 Å². The number of rotatable bonds is 52. The minimum Gasteiger partial charge on any atom is -0.444 e. The van der Waals surface area contributed by atoms with Crippen LogP contribution in [0.15, 0.2) is 0 Å². The maximum Gasteiger partial charge on any atom is 0.410 e. The van der Waals surface area contributed by atoms with Crippen molar-refractivity contribution in [2.24, 2.45) is 5.92 Å². The Balaban J connectivity index is 5.89. The molecule has 0 spiro atoms. The third kappa shape index (κ3) is 55.8. The Morgan fingerprint density at radius 1 is 0.317 bits per heavy atom. The van der Waals surface area contributed by atoms with Crippen molar-refractivity contribution >= 4 is 48.4 Å². The van der Waals surface area contributed by atoms with E-state index in [9.17, 15) is 58.8 Å². The molecule has 27 nitrogen and oxygen atoms in total. The molecule has 0 aliphatic carbocycles. The van der Waals surface area contributed by atoms with Crippen molar-refractivity contribution in [2.45, 2.75) is 356 Å². The quantitative estimate of drug-likeness (QED) is 0.0202. The number of amides is 8. The van der Waals surface area contributed by atoms with Crippen LogP contribution >= 0.6 is 0 Å². The number of nitrogens with one attached hydrogen (secondary N) is 4. The Morgan fingerprint density at radius 2 is 0.596 bits per heavy atom. The molecule has 0 aliphatic rings. The number of aliphatic hydroxyl groups is 5. The Morgan fingerprint density at radius 3 is 0.933 bits per heavy atom. The number of unbranched alkanes of at least 4 members (excludes halogenated alkanes) is 19. The molecule has 0 bridgehead atoms. The van der Waals surface area contributed by atoms with Crippen LogP contribution in [0.3, 0.4) is 0 Å². The van der Waals surface area contributed by atoms with E-state index >= 15 is 0 Å². The van der Waals surface area contributed by atoms with Crippen LogP contribution < -0.4 is 21.3 Å². The SMILES string of the molecule is CC(C)(C)OC(=O)NCCCN(CCCCN(CC(CCCCCCNC(=O)CCCCCCCCCCCCCCCCCNC(=O)[C@@H](O)[C@H](O)[C@@H](O)[C@H](O)CO)CN(CCCCN(CCCNC(=O)OC(C)(C)C)C(=O)OC(C)(C)C)C(=O)OC(C)(C)C)C(=O)OC(C)(C)C)C(=O)OC(C)(C)C. The van der Waals surface area contributed by atoms with E-state index in [0.29, 0.717) is 97.1 Å². The first-order valence-electron chi connectivity index (χ1n) is 39.0. The van der Waals surface area contributed by atoms with Gasteiger partial charge in [-0.25, -0.2) is 28.8 Å². The molecule has 9 N–H and O–H groups in total. The molecule has 27 heteroatoms. The molecule has 0 saturated heterocycles. The summed E-state index contributed by atoms with van der Waals surface area (Å²) in [4.78, 5) is 112. The molecule has 104 heavy (non-hydrogen) atoms. The molecule has 610 valence electrons. The third-order valence-electron chi connectivity index (χ3n) is 16.1. The lowest BCUT2D eigenvalue weighted by Crippen LogP contribution is -2.51. The number of hydrogen-bond acceptors (Lipinski definition) is 19. The van der Waals surface area contributed by atoms with Gasteiger partial charge in [0.25, 0.3) is 5.91 Å². The fourth-order valence-corrected chi connectivity index (χ4v) is 11.0. The Bertz CT molecular complexity index is 2270. The van der Waals surface area contributed by atoms with E-state index in [0.717, 1.165) is 77.0 Å². The molecule has 0 aromatic heterocycles. The van der Waals surface area contributed by atoms with Gasteiger partial charge < -0.3 is 94.8 Å². The first kappa shape index (κ1) is 98.4. The summed E-state index contributed by atoms with van der Waals surface area (Å²) >= 11 is 0. The Labute approximate surface area is 626 Å². The van der Waals surface area contributed by atoms with Crippen LogP contribution in [-0.2, 0) is 38.0 Å². The molecule has 0 radical (unpaired) electrons. The summed E-state index contributed by atoms with van der Waals surface area (Å²) in [6, 6.07) is 0. The van der Waals surface area contributed by atoms with Gasteiger partial charge in [-0.1, -0.05) is 103 Å². The average Bonchev–Trinajstić information content (AvgIpc) is 0.877. The largest absolute Gasteiger partial charge is 0.444 e. The number of ether oxygens (including phenoxy) is 6. The lowest BCUT2D eigenvalue weighted by atomic mass is 9.98. The molecule has 0 rings (SSSR count). The van der Waals surface area contributed by atoms with Crippen LogP contribution in [0.1, 0.15) is 298 Å². The van der Waals surface area contributed by atoms with Crippen molar-refractivity contribution in [3.8, 4) is 0 Å². The second-order valence-corrected chi connectivity index (χ2v) is 33.7.